The molecule has 0 aliphatic rings. The maximum Gasteiger partial charge on any atom is 0.305 e. The number of hydrogen-bond acceptors (Lipinski definition) is 4. The van der Waals surface area contributed by atoms with E-state index in [2.05, 4.69) is 29.6 Å². The molecule has 0 fully saturated rings. The van der Waals surface area contributed by atoms with Crippen molar-refractivity contribution in [2.45, 2.75) is 32.9 Å². The highest BCUT2D eigenvalue weighted by molar-refractivity contribution is 5.69. The van der Waals surface area contributed by atoms with Gasteiger partial charge in [-0.1, -0.05) is 24.3 Å². The molecule has 0 bridgehead atoms. The van der Waals surface area contributed by atoms with Gasteiger partial charge in [-0.2, -0.15) is 0 Å². The zero-order valence-electron chi connectivity index (χ0n) is 11.8. The van der Waals surface area contributed by atoms with Crippen LogP contribution in [-0.4, -0.2) is 26.2 Å². The minimum absolute atomic E-state index is 0.117. The quantitative estimate of drug-likeness (QED) is 0.549. The first-order valence-electron chi connectivity index (χ1n) is 6.69. The maximum atomic E-state index is 11.1. The van der Waals surface area contributed by atoms with Gasteiger partial charge in [0.2, 0.25) is 0 Å². The van der Waals surface area contributed by atoms with E-state index in [1.165, 1.54) is 11.1 Å². The monoisotopic (exact) mass is 265 g/mol. The third kappa shape index (κ3) is 6.94. The van der Waals surface area contributed by atoms with Crippen LogP contribution in [0.5, 0.6) is 0 Å². The average Bonchev–Trinajstić information content (AvgIpc) is 2.41. The molecule has 1 rings (SSSR count). The second-order valence-electron chi connectivity index (χ2n) is 4.33. The van der Waals surface area contributed by atoms with Crippen LogP contribution in [0.3, 0.4) is 0 Å². The van der Waals surface area contributed by atoms with Crippen molar-refractivity contribution >= 4 is 5.97 Å². The number of carbonyl (C=O) groups is 1. The van der Waals surface area contributed by atoms with Gasteiger partial charge in [0.15, 0.2) is 0 Å². The summed E-state index contributed by atoms with van der Waals surface area (Å²) in [4.78, 5) is 11.1. The SMILES string of the molecule is CCOC(=O)CCCNCc1ccc(COC)cc1. The molecule has 4 heteroatoms. The lowest BCUT2D eigenvalue weighted by atomic mass is 10.1. The molecule has 1 aromatic rings. The van der Waals surface area contributed by atoms with Gasteiger partial charge in [-0.05, 0) is 31.0 Å². The molecule has 0 atom stereocenters. The van der Waals surface area contributed by atoms with Crippen molar-refractivity contribution in [3.63, 3.8) is 0 Å². The van der Waals surface area contributed by atoms with Gasteiger partial charge < -0.3 is 14.8 Å². The van der Waals surface area contributed by atoms with Crippen molar-refractivity contribution in [1.29, 1.82) is 0 Å². The Kier molecular flexibility index (Phi) is 7.86. The molecule has 0 spiro atoms. The van der Waals surface area contributed by atoms with Gasteiger partial charge in [-0.15, -0.1) is 0 Å². The Balaban J connectivity index is 2.13. The Morgan fingerprint density at radius 1 is 1.21 bits per heavy atom. The second-order valence-corrected chi connectivity index (χ2v) is 4.33. The van der Waals surface area contributed by atoms with E-state index in [9.17, 15) is 4.79 Å². The summed E-state index contributed by atoms with van der Waals surface area (Å²) in [6.45, 7) is 4.56. The summed E-state index contributed by atoms with van der Waals surface area (Å²) >= 11 is 0. The molecule has 0 saturated heterocycles. The molecule has 0 amide bonds. The number of methoxy groups -OCH3 is 1. The van der Waals surface area contributed by atoms with Crippen LogP contribution in [0, 0.1) is 0 Å². The summed E-state index contributed by atoms with van der Waals surface area (Å²) < 4.78 is 9.93. The van der Waals surface area contributed by atoms with Gasteiger partial charge in [-0.25, -0.2) is 0 Å². The van der Waals surface area contributed by atoms with Crippen molar-refractivity contribution in [2.75, 3.05) is 20.3 Å². The van der Waals surface area contributed by atoms with Crippen molar-refractivity contribution in [2.24, 2.45) is 0 Å². The highest BCUT2D eigenvalue weighted by Gasteiger charge is 2.00. The lowest BCUT2D eigenvalue weighted by molar-refractivity contribution is -0.143. The maximum absolute atomic E-state index is 11.1. The van der Waals surface area contributed by atoms with E-state index in [0.717, 1.165) is 19.5 Å². The van der Waals surface area contributed by atoms with Gasteiger partial charge >= 0.3 is 5.97 Å². The molecule has 0 aliphatic heterocycles. The van der Waals surface area contributed by atoms with E-state index in [-0.39, 0.29) is 5.97 Å². The van der Waals surface area contributed by atoms with Crippen molar-refractivity contribution < 1.29 is 14.3 Å². The van der Waals surface area contributed by atoms with Crippen LogP contribution in [0.4, 0.5) is 0 Å². The van der Waals surface area contributed by atoms with Crippen molar-refractivity contribution in [3.05, 3.63) is 35.4 Å². The Bertz CT molecular complexity index is 362. The number of nitrogens with one attached hydrogen (secondary N) is 1. The van der Waals surface area contributed by atoms with E-state index >= 15 is 0 Å². The average molecular weight is 265 g/mol. The Labute approximate surface area is 115 Å². The second kappa shape index (κ2) is 9.53. The Morgan fingerprint density at radius 3 is 2.53 bits per heavy atom. The first-order valence-corrected chi connectivity index (χ1v) is 6.69. The summed E-state index contributed by atoms with van der Waals surface area (Å²) in [7, 11) is 1.69. The summed E-state index contributed by atoms with van der Waals surface area (Å²) in [5.41, 5.74) is 2.41. The first-order chi connectivity index (χ1) is 9.26. The van der Waals surface area contributed by atoms with Crippen LogP contribution in [0.25, 0.3) is 0 Å². The Hall–Kier alpha value is -1.39. The molecule has 0 aliphatic carbocycles. The normalized spacial score (nSPS) is 10.4. The number of esters is 1. The summed E-state index contributed by atoms with van der Waals surface area (Å²) in [5, 5.41) is 3.31. The van der Waals surface area contributed by atoms with E-state index < -0.39 is 0 Å². The number of benzene rings is 1. The predicted octanol–water partition coefficient (Wildman–Crippen LogP) is 2.27. The number of ether oxygens (including phenoxy) is 2. The van der Waals surface area contributed by atoms with E-state index in [0.29, 0.717) is 19.6 Å². The van der Waals surface area contributed by atoms with Gasteiger partial charge in [0.1, 0.15) is 0 Å². The van der Waals surface area contributed by atoms with E-state index in [1.807, 2.05) is 6.92 Å². The zero-order valence-corrected chi connectivity index (χ0v) is 11.8. The predicted molar refractivity (Wildman–Crippen MR) is 74.7 cm³/mol. The fourth-order valence-corrected chi connectivity index (χ4v) is 1.74. The molecular weight excluding hydrogens is 242 g/mol. The van der Waals surface area contributed by atoms with Gasteiger partial charge in [0.05, 0.1) is 13.2 Å². The highest BCUT2D eigenvalue weighted by Crippen LogP contribution is 2.05. The first kappa shape index (κ1) is 15.7. The summed E-state index contributed by atoms with van der Waals surface area (Å²) in [6.07, 6.45) is 1.29. The third-order valence-electron chi connectivity index (χ3n) is 2.70. The molecule has 0 unspecified atom stereocenters. The van der Waals surface area contributed by atoms with Crippen LogP contribution < -0.4 is 5.32 Å². The minimum Gasteiger partial charge on any atom is -0.466 e. The highest BCUT2D eigenvalue weighted by atomic mass is 16.5. The number of carbonyl (C=O) groups excluding carboxylic acids is 1. The lowest BCUT2D eigenvalue weighted by Gasteiger charge is -2.06. The number of hydrogen-bond donors (Lipinski definition) is 1. The molecule has 0 heterocycles. The molecular formula is C15H23NO3. The fraction of sp³-hybridized carbons (Fsp3) is 0.533. The van der Waals surface area contributed by atoms with Crippen molar-refractivity contribution in [3.8, 4) is 0 Å². The minimum atomic E-state index is -0.117. The molecule has 19 heavy (non-hydrogen) atoms. The molecule has 0 radical (unpaired) electrons. The summed E-state index contributed by atoms with van der Waals surface area (Å²) in [5.74, 6) is -0.117. The van der Waals surface area contributed by atoms with Crippen molar-refractivity contribution in [1.82, 2.24) is 5.32 Å². The smallest absolute Gasteiger partial charge is 0.305 e. The standard InChI is InChI=1S/C15H23NO3/c1-3-19-15(17)5-4-10-16-11-13-6-8-14(9-7-13)12-18-2/h6-9,16H,3-5,10-12H2,1-2H3. The van der Waals surface area contributed by atoms with E-state index in [1.54, 1.807) is 7.11 Å². The fourth-order valence-electron chi connectivity index (χ4n) is 1.74. The third-order valence-corrected chi connectivity index (χ3v) is 2.70. The topological polar surface area (TPSA) is 47.6 Å². The van der Waals surface area contributed by atoms with Gasteiger partial charge in [0.25, 0.3) is 0 Å². The lowest BCUT2D eigenvalue weighted by Crippen LogP contribution is -2.16. The molecule has 0 saturated carbocycles. The molecule has 0 aromatic heterocycles. The van der Waals surface area contributed by atoms with Crippen LogP contribution in [0.15, 0.2) is 24.3 Å². The summed E-state index contributed by atoms with van der Waals surface area (Å²) in [6, 6.07) is 8.32. The van der Waals surface area contributed by atoms with Crippen LogP contribution in [0.1, 0.15) is 30.9 Å². The van der Waals surface area contributed by atoms with Crippen LogP contribution in [-0.2, 0) is 27.4 Å². The van der Waals surface area contributed by atoms with Gasteiger partial charge in [-0.3, -0.25) is 4.79 Å². The van der Waals surface area contributed by atoms with E-state index in [4.69, 9.17) is 9.47 Å². The van der Waals surface area contributed by atoms with Crippen LogP contribution >= 0.6 is 0 Å². The largest absolute Gasteiger partial charge is 0.466 e. The molecule has 106 valence electrons. The number of rotatable bonds is 9. The van der Waals surface area contributed by atoms with Crippen LogP contribution in [0.2, 0.25) is 0 Å². The van der Waals surface area contributed by atoms with Gasteiger partial charge in [0, 0.05) is 20.1 Å². The molecule has 1 aromatic carbocycles. The molecule has 1 N–H and O–H groups in total. The zero-order chi connectivity index (χ0) is 13.9. The Morgan fingerprint density at radius 2 is 1.89 bits per heavy atom. The molecule has 4 nitrogen and oxygen atoms in total.